The topological polar surface area (TPSA) is 90.5 Å². The van der Waals surface area contributed by atoms with Crippen molar-refractivity contribution in [1.29, 1.82) is 0 Å². The molecule has 27 heavy (non-hydrogen) atoms. The Kier molecular flexibility index (Phi) is 7.01. The summed E-state index contributed by atoms with van der Waals surface area (Å²) in [7, 11) is 1.57. The number of likely N-dealkylation sites (N-methyl/N-ethyl adjacent to an activating group) is 1. The van der Waals surface area contributed by atoms with Gasteiger partial charge < -0.3 is 10.6 Å². The zero-order chi connectivity index (χ0) is 19.8. The number of nitrogens with one attached hydrogen (secondary N) is 3. The number of hydrogen-bond acceptors (Lipinski definition) is 4. The van der Waals surface area contributed by atoms with Crippen LogP contribution in [0.1, 0.15) is 5.56 Å². The second-order valence-electron chi connectivity index (χ2n) is 6.07. The lowest BCUT2D eigenvalue weighted by Crippen LogP contribution is -2.42. The summed E-state index contributed by atoms with van der Waals surface area (Å²) >= 11 is 0. The molecule has 0 fully saturated rings. The molecule has 0 heterocycles. The minimum absolute atomic E-state index is 0.0315. The Morgan fingerprint density at radius 2 is 1.56 bits per heavy atom. The van der Waals surface area contributed by atoms with Gasteiger partial charge in [0.2, 0.25) is 11.8 Å². The first-order valence-electron chi connectivity index (χ1n) is 8.24. The monoisotopic (exact) mass is 372 g/mol. The maximum atomic E-state index is 13.5. The molecule has 0 saturated heterocycles. The van der Waals surface area contributed by atoms with Crippen LogP contribution in [-0.2, 0) is 9.59 Å². The zero-order valence-electron chi connectivity index (χ0n) is 15.1. The number of carbonyl (C=O) groups is 3. The molecular weight excluding hydrogens is 351 g/mol. The third-order valence-electron chi connectivity index (χ3n) is 3.54. The lowest BCUT2D eigenvalue weighted by atomic mass is 10.2. The highest BCUT2D eigenvalue weighted by molar-refractivity contribution is 6.02. The number of carbonyl (C=O) groups excluding carboxylic acids is 3. The Balaban J connectivity index is 1.75. The van der Waals surface area contributed by atoms with Crippen molar-refractivity contribution < 1.29 is 18.8 Å². The quantitative estimate of drug-likeness (QED) is 0.726. The largest absolute Gasteiger partial charge is 0.326 e. The van der Waals surface area contributed by atoms with Crippen LogP contribution in [0, 0.1) is 12.7 Å². The van der Waals surface area contributed by atoms with Crippen molar-refractivity contribution in [3.63, 3.8) is 0 Å². The standard InChI is InChI=1S/C19H21FN4O3/c1-13-7-9-14(10-8-13)21-17(25)11-24(2)12-18(26)23-19(27)22-16-6-4-3-5-15(16)20/h3-10H,11-12H2,1-2H3,(H,21,25)(H2,22,23,26,27). The highest BCUT2D eigenvalue weighted by Crippen LogP contribution is 2.11. The van der Waals surface area contributed by atoms with Gasteiger partial charge in [-0.05, 0) is 38.2 Å². The molecule has 0 unspecified atom stereocenters. The van der Waals surface area contributed by atoms with Crippen LogP contribution in [0.2, 0.25) is 0 Å². The van der Waals surface area contributed by atoms with Crippen molar-refractivity contribution in [3.8, 4) is 0 Å². The predicted molar refractivity (Wildman–Crippen MR) is 101 cm³/mol. The number of halogens is 1. The summed E-state index contributed by atoms with van der Waals surface area (Å²) in [5.74, 6) is -1.51. The molecule has 0 aliphatic carbocycles. The van der Waals surface area contributed by atoms with Gasteiger partial charge >= 0.3 is 6.03 Å². The smallest absolute Gasteiger partial charge is 0.325 e. The molecule has 0 saturated carbocycles. The molecule has 2 aromatic rings. The third kappa shape index (κ3) is 6.87. The average Bonchev–Trinajstić information content (AvgIpc) is 2.58. The van der Waals surface area contributed by atoms with Gasteiger partial charge in [0.25, 0.3) is 0 Å². The van der Waals surface area contributed by atoms with Crippen LogP contribution in [0.15, 0.2) is 48.5 Å². The van der Waals surface area contributed by atoms with E-state index in [1.807, 2.05) is 19.1 Å². The summed E-state index contributed by atoms with van der Waals surface area (Å²) in [6.07, 6.45) is 0. The van der Waals surface area contributed by atoms with Gasteiger partial charge in [-0.3, -0.25) is 19.8 Å². The van der Waals surface area contributed by atoms with Crippen LogP contribution in [0.5, 0.6) is 0 Å². The van der Waals surface area contributed by atoms with E-state index in [1.54, 1.807) is 25.2 Å². The van der Waals surface area contributed by atoms with Crippen LogP contribution in [-0.4, -0.2) is 42.9 Å². The van der Waals surface area contributed by atoms with Crippen molar-refractivity contribution in [2.75, 3.05) is 30.8 Å². The van der Waals surface area contributed by atoms with E-state index < -0.39 is 17.8 Å². The van der Waals surface area contributed by atoms with Crippen LogP contribution in [0.3, 0.4) is 0 Å². The van der Waals surface area contributed by atoms with E-state index in [1.165, 1.54) is 23.1 Å². The van der Waals surface area contributed by atoms with E-state index in [2.05, 4.69) is 16.0 Å². The van der Waals surface area contributed by atoms with E-state index in [9.17, 15) is 18.8 Å². The Bertz CT molecular complexity index is 824. The van der Waals surface area contributed by atoms with Crippen molar-refractivity contribution in [3.05, 3.63) is 59.9 Å². The van der Waals surface area contributed by atoms with Crippen molar-refractivity contribution in [1.82, 2.24) is 10.2 Å². The maximum Gasteiger partial charge on any atom is 0.326 e. The third-order valence-corrected chi connectivity index (χ3v) is 3.54. The molecular formula is C19H21FN4O3. The summed E-state index contributed by atoms with van der Waals surface area (Å²) < 4.78 is 13.5. The molecule has 0 spiro atoms. The molecule has 2 rings (SSSR count). The van der Waals surface area contributed by atoms with Crippen LogP contribution in [0.25, 0.3) is 0 Å². The van der Waals surface area contributed by atoms with Gasteiger partial charge in [-0.25, -0.2) is 9.18 Å². The molecule has 0 aromatic heterocycles. The number of amides is 4. The van der Waals surface area contributed by atoms with Gasteiger partial charge in [0, 0.05) is 5.69 Å². The SMILES string of the molecule is Cc1ccc(NC(=O)CN(C)CC(=O)NC(=O)Nc2ccccc2F)cc1. The molecule has 4 amide bonds. The summed E-state index contributed by atoms with van der Waals surface area (Å²) in [5.41, 5.74) is 1.71. The Labute approximate surface area is 156 Å². The number of benzene rings is 2. The molecule has 0 bridgehead atoms. The first-order chi connectivity index (χ1) is 12.8. The first kappa shape index (κ1) is 20.1. The fraction of sp³-hybridized carbons (Fsp3) is 0.211. The lowest BCUT2D eigenvalue weighted by Gasteiger charge is -2.16. The number of rotatable bonds is 6. The van der Waals surface area contributed by atoms with Crippen LogP contribution < -0.4 is 16.0 Å². The van der Waals surface area contributed by atoms with E-state index in [0.717, 1.165) is 5.56 Å². The van der Waals surface area contributed by atoms with E-state index >= 15 is 0 Å². The van der Waals surface area contributed by atoms with Gasteiger partial charge in [-0.15, -0.1) is 0 Å². The van der Waals surface area contributed by atoms with Gasteiger partial charge in [0.05, 0.1) is 18.8 Å². The number of imide groups is 1. The Hall–Kier alpha value is -3.26. The lowest BCUT2D eigenvalue weighted by molar-refractivity contribution is -0.121. The molecule has 0 atom stereocenters. The zero-order valence-corrected chi connectivity index (χ0v) is 15.1. The molecule has 0 aliphatic heterocycles. The van der Waals surface area contributed by atoms with Gasteiger partial charge in [-0.2, -0.15) is 0 Å². The number of para-hydroxylation sites is 1. The highest BCUT2D eigenvalue weighted by atomic mass is 19.1. The highest BCUT2D eigenvalue weighted by Gasteiger charge is 2.14. The second-order valence-corrected chi connectivity index (χ2v) is 6.07. The number of hydrogen-bond donors (Lipinski definition) is 3. The van der Waals surface area contributed by atoms with Crippen molar-refractivity contribution >= 4 is 29.2 Å². The molecule has 2 aromatic carbocycles. The Morgan fingerprint density at radius 1 is 0.926 bits per heavy atom. The minimum atomic E-state index is -0.845. The van der Waals surface area contributed by atoms with Crippen molar-refractivity contribution in [2.45, 2.75) is 6.92 Å². The minimum Gasteiger partial charge on any atom is -0.325 e. The number of urea groups is 1. The summed E-state index contributed by atoms with van der Waals surface area (Å²) in [6, 6.07) is 12.1. The summed E-state index contributed by atoms with van der Waals surface area (Å²) in [4.78, 5) is 37.1. The first-order valence-corrected chi connectivity index (χ1v) is 8.24. The van der Waals surface area contributed by atoms with Gasteiger partial charge in [0.1, 0.15) is 5.82 Å². The molecule has 7 nitrogen and oxygen atoms in total. The molecule has 3 N–H and O–H groups in total. The van der Waals surface area contributed by atoms with Crippen LogP contribution in [0.4, 0.5) is 20.6 Å². The second kappa shape index (κ2) is 9.44. The molecule has 0 aliphatic rings. The van der Waals surface area contributed by atoms with Gasteiger partial charge in [-0.1, -0.05) is 29.8 Å². The van der Waals surface area contributed by atoms with Gasteiger partial charge in [0.15, 0.2) is 0 Å². The predicted octanol–water partition coefficient (Wildman–Crippen LogP) is 2.35. The maximum absolute atomic E-state index is 13.5. The average molecular weight is 372 g/mol. The van der Waals surface area contributed by atoms with E-state index in [-0.39, 0.29) is 24.7 Å². The van der Waals surface area contributed by atoms with Crippen molar-refractivity contribution in [2.24, 2.45) is 0 Å². The Morgan fingerprint density at radius 3 is 2.22 bits per heavy atom. The summed E-state index contributed by atoms with van der Waals surface area (Å²) in [6.45, 7) is 1.74. The number of anilines is 2. The molecule has 142 valence electrons. The fourth-order valence-corrected chi connectivity index (χ4v) is 2.27. The summed E-state index contributed by atoms with van der Waals surface area (Å²) in [5, 5.41) is 7.06. The molecule has 0 radical (unpaired) electrons. The van der Waals surface area contributed by atoms with E-state index in [0.29, 0.717) is 5.69 Å². The number of aryl methyl sites for hydroxylation is 1. The van der Waals surface area contributed by atoms with Crippen LogP contribution >= 0.6 is 0 Å². The molecule has 8 heteroatoms. The number of nitrogens with zero attached hydrogens (tertiary/aromatic N) is 1. The normalized spacial score (nSPS) is 10.4. The fourth-order valence-electron chi connectivity index (χ4n) is 2.27. The van der Waals surface area contributed by atoms with E-state index in [4.69, 9.17) is 0 Å².